The second-order valence-electron chi connectivity index (χ2n) is 3.52. The third-order valence-electron chi connectivity index (χ3n) is 1.70. The van der Waals surface area contributed by atoms with Crippen LogP contribution in [0.5, 0.6) is 0 Å². The third kappa shape index (κ3) is 27.9. The number of nitrogens with zero attached hydrogens (tertiary/aromatic N) is 3. The van der Waals surface area contributed by atoms with Gasteiger partial charge in [0.25, 0.3) is 0 Å². The van der Waals surface area contributed by atoms with Crippen LogP contribution in [-0.4, -0.2) is 32.5 Å². The lowest BCUT2D eigenvalue weighted by Crippen LogP contribution is -1.89. The van der Waals surface area contributed by atoms with E-state index >= 15 is 0 Å². The van der Waals surface area contributed by atoms with E-state index in [0.717, 1.165) is 0 Å². The molecule has 0 aliphatic rings. The summed E-state index contributed by atoms with van der Waals surface area (Å²) in [6, 6.07) is 17.1. The van der Waals surface area contributed by atoms with Gasteiger partial charge in [0.1, 0.15) is 0 Å². The van der Waals surface area contributed by atoms with Gasteiger partial charge in [-0.2, -0.15) is 8.42 Å². The summed E-state index contributed by atoms with van der Waals surface area (Å²) in [5, 5.41) is 0. The Morgan fingerprint density at radius 2 is 0.667 bits per heavy atom. The van der Waals surface area contributed by atoms with Gasteiger partial charge in [0.15, 0.2) is 0 Å². The lowest BCUT2D eigenvalue weighted by molar-refractivity contribution is 0.381. The number of aromatic nitrogens is 3. The lowest BCUT2D eigenvalue weighted by atomic mass is 10.5. The zero-order valence-corrected chi connectivity index (χ0v) is 14.2. The van der Waals surface area contributed by atoms with Crippen molar-refractivity contribution in [2.75, 3.05) is 0 Å². The Hall–Kier alpha value is -2.39. The Morgan fingerprint density at radius 1 is 0.500 bits per heavy atom. The minimum atomic E-state index is -4.67. The molecule has 7 nitrogen and oxygen atoms in total. The van der Waals surface area contributed by atoms with Gasteiger partial charge in [-0.25, -0.2) is 0 Å². The van der Waals surface area contributed by atoms with E-state index in [2.05, 4.69) is 15.0 Å². The highest BCUT2D eigenvalue weighted by Crippen LogP contribution is 1.74. The van der Waals surface area contributed by atoms with E-state index in [1.807, 2.05) is 54.6 Å². The SMILES string of the molecule is Cl.O=S(=O)(O)O.c1ccncc1.c1ccncc1.c1ccncc1. The van der Waals surface area contributed by atoms with Crippen LogP contribution in [0, 0.1) is 0 Å². The van der Waals surface area contributed by atoms with Crippen LogP contribution >= 0.6 is 12.4 Å². The normalized spacial score (nSPS) is 8.42. The molecule has 0 atom stereocenters. The van der Waals surface area contributed by atoms with E-state index in [0.29, 0.717) is 0 Å². The predicted octanol–water partition coefficient (Wildman–Crippen LogP) is 3.01. The summed E-state index contributed by atoms with van der Waals surface area (Å²) < 4.78 is 31.6. The van der Waals surface area contributed by atoms with Crippen molar-refractivity contribution in [3.8, 4) is 0 Å². The topological polar surface area (TPSA) is 113 Å². The smallest absolute Gasteiger partial charge is 0.265 e. The Labute approximate surface area is 147 Å². The fraction of sp³-hybridized carbons (Fsp3) is 0. The first-order valence-corrected chi connectivity index (χ1v) is 7.64. The van der Waals surface area contributed by atoms with Gasteiger partial charge in [-0.15, -0.1) is 12.4 Å². The van der Waals surface area contributed by atoms with Crippen LogP contribution in [0.15, 0.2) is 91.8 Å². The quantitative estimate of drug-likeness (QED) is 0.584. The Morgan fingerprint density at radius 3 is 0.708 bits per heavy atom. The molecule has 0 unspecified atom stereocenters. The maximum absolute atomic E-state index is 8.74. The molecule has 2 N–H and O–H groups in total. The molecule has 3 aromatic heterocycles. The van der Waals surface area contributed by atoms with Gasteiger partial charge in [0.2, 0.25) is 0 Å². The molecule has 130 valence electrons. The summed E-state index contributed by atoms with van der Waals surface area (Å²) in [7, 11) is -4.67. The molecule has 3 aromatic rings. The van der Waals surface area contributed by atoms with Crippen molar-refractivity contribution in [3.63, 3.8) is 0 Å². The third-order valence-corrected chi connectivity index (χ3v) is 1.70. The Kier molecular flexibility index (Phi) is 16.9. The molecule has 0 fully saturated rings. The molecule has 24 heavy (non-hydrogen) atoms. The van der Waals surface area contributed by atoms with Gasteiger partial charge in [0.05, 0.1) is 0 Å². The van der Waals surface area contributed by atoms with E-state index < -0.39 is 10.4 Å². The average Bonchev–Trinajstić information content (AvgIpc) is 2.59. The van der Waals surface area contributed by atoms with Crippen LogP contribution in [-0.2, 0) is 10.4 Å². The van der Waals surface area contributed by atoms with E-state index in [-0.39, 0.29) is 12.4 Å². The summed E-state index contributed by atoms with van der Waals surface area (Å²) in [5.41, 5.74) is 0. The molecule has 0 spiro atoms. The maximum Gasteiger partial charge on any atom is 0.394 e. The van der Waals surface area contributed by atoms with Crippen molar-refractivity contribution in [2.45, 2.75) is 0 Å². The second kappa shape index (κ2) is 17.0. The van der Waals surface area contributed by atoms with Crippen molar-refractivity contribution < 1.29 is 17.5 Å². The Bertz CT molecular complexity index is 512. The van der Waals surface area contributed by atoms with Crippen LogP contribution in [0.1, 0.15) is 0 Å². The van der Waals surface area contributed by atoms with Crippen LogP contribution in [0.25, 0.3) is 0 Å². The maximum atomic E-state index is 8.74. The molecule has 0 aliphatic heterocycles. The van der Waals surface area contributed by atoms with Gasteiger partial charge < -0.3 is 0 Å². The summed E-state index contributed by atoms with van der Waals surface area (Å²) in [4.78, 5) is 11.4. The van der Waals surface area contributed by atoms with Crippen LogP contribution in [0.3, 0.4) is 0 Å². The fourth-order valence-electron chi connectivity index (χ4n) is 0.938. The number of pyridine rings is 3. The average molecular weight is 372 g/mol. The van der Waals surface area contributed by atoms with Crippen molar-refractivity contribution in [1.29, 1.82) is 0 Å². The number of halogens is 1. The standard InChI is InChI=1S/3C5H5N.ClH.H2O4S/c3*1-2-4-6-5-3-1;;1-5(2,3)4/h3*1-5H;1H;(H2,1,2,3,4). The van der Waals surface area contributed by atoms with Crippen molar-refractivity contribution in [1.82, 2.24) is 15.0 Å². The second-order valence-corrected chi connectivity index (χ2v) is 4.42. The first-order valence-electron chi connectivity index (χ1n) is 6.25. The van der Waals surface area contributed by atoms with Gasteiger partial charge in [0, 0.05) is 37.2 Å². The van der Waals surface area contributed by atoms with Gasteiger partial charge >= 0.3 is 10.4 Å². The molecule has 0 aliphatic carbocycles. The highest BCUT2D eigenvalue weighted by atomic mass is 35.5. The summed E-state index contributed by atoms with van der Waals surface area (Å²) in [6.07, 6.45) is 10.5. The minimum absolute atomic E-state index is 0. The van der Waals surface area contributed by atoms with Crippen molar-refractivity contribution >= 4 is 22.8 Å². The molecule has 0 bridgehead atoms. The molecule has 3 rings (SSSR count). The number of rotatable bonds is 0. The largest absolute Gasteiger partial charge is 0.394 e. The lowest BCUT2D eigenvalue weighted by Gasteiger charge is -1.70. The molecule has 0 aromatic carbocycles. The van der Waals surface area contributed by atoms with Crippen LogP contribution in [0.4, 0.5) is 0 Å². The first-order chi connectivity index (χ1) is 11.0. The molecular weight excluding hydrogens is 354 g/mol. The first kappa shape index (κ1) is 23.9. The Balaban J connectivity index is 0. The van der Waals surface area contributed by atoms with Crippen molar-refractivity contribution in [2.24, 2.45) is 0 Å². The number of hydrogen-bond acceptors (Lipinski definition) is 5. The minimum Gasteiger partial charge on any atom is -0.265 e. The molecule has 0 amide bonds. The molecule has 0 saturated heterocycles. The summed E-state index contributed by atoms with van der Waals surface area (Å²) in [6.45, 7) is 0. The molecule has 9 heteroatoms. The zero-order chi connectivity index (χ0) is 17.2. The van der Waals surface area contributed by atoms with E-state index in [4.69, 9.17) is 17.5 Å². The molecule has 0 radical (unpaired) electrons. The summed E-state index contributed by atoms with van der Waals surface area (Å²) >= 11 is 0. The highest BCUT2D eigenvalue weighted by molar-refractivity contribution is 7.79. The fourth-order valence-corrected chi connectivity index (χ4v) is 0.938. The van der Waals surface area contributed by atoms with Crippen molar-refractivity contribution in [3.05, 3.63) is 91.8 Å². The predicted molar refractivity (Wildman–Crippen MR) is 94.1 cm³/mol. The van der Waals surface area contributed by atoms with Crippen LogP contribution < -0.4 is 0 Å². The molecule has 3 heterocycles. The van der Waals surface area contributed by atoms with Crippen LogP contribution in [0.2, 0.25) is 0 Å². The van der Waals surface area contributed by atoms with Gasteiger partial charge in [-0.3, -0.25) is 24.1 Å². The zero-order valence-electron chi connectivity index (χ0n) is 12.5. The van der Waals surface area contributed by atoms with E-state index in [9.17, 15) is 0 Å². The van der Waals surface area contributed by atoms with E-state index in [1.165, 1.54) is 0 Å². The van der Waals surface area contributed by atoms with E-state index in [1.54, 1.807) is 37.2 Å². The molecule has 0 saturated carbocycles. The van der Waals surface area contributed by atoms with Gasteiger partial charge in [-0.05, 0) is 36.4 Å². The monoisotopic (exact) mass is 371 g/mol. The number of hydrogen-bond donors (Lipinski definition) is 2. The highest BCUT2D eigenvalue weighted by Gasteiger charge is 1.84. The molecular formula is C15H18ClN3O4S. The summed E-state index contributed by atoms with van der Waals surface area (Å²) in [5.74, 6) is 0. The van der Waals surface area contributed by atoms with Gasteiger partial charge in [-0.1, -0.05) is 18.2 Å².